The molecule has 2 unspecified atom stereocenters. The monoisotopic (exact) mass is 330 g/mol. The van der Waals surface area contributed by atoms with Gasteiger partial charge in [-0.2, -0.15) is 0 Å². The number of ketones is 2. The van der Waals surface area contributed by atoms with Crippen LogP contribution >= 0.6 is 23.2 Å². The fraction of sp³-hybridized carbons (Fsp3) is 0.833. The lowest BCUT2D eigenvalue weighted by Crippen LogP contribution is -2.37. The van der Waals surface area contributed by atoms with Crippen molar-refractivity contribution in [2.24, 2.45) is 0 Å². The van der Waals surface area contributed by atoms with Crippen molar-refractivity contribution in [3.05, 3.63) is 0 Å². The molecular formula is C12H20Cl2O6. The maximum absolute atomic E-state index is 11.3. The number of carbonyl (C=O) groups excluding carboxylic acids is 2. The minimum absolute atomic E-state index is 0.167. The van der Waals surface area contributed by atoms with Crippen LogP contribution in [0, 0.1) is 0 Å². The number of carbonyl (C=O) groups is 2. The first-order chi connectivity index (χ1) is 8.86. The van der Waals surface area contributed by atoms with Crippen LogP contribution in [0.5, 0.6) is 0 Å². The first-order valence-electron chi connectivity index (χ1n) is 5.93. The molecule has 0 rings (SSSR count). The molecule has 118 valence electrons. The van der Waals surface area contributed by atoms with E-state index in [4.69, 9.17) is 43.2 Å². The van der Waals surface area contributed by atoms with Crippen LogP contribution in [-0.4, -0.2) is 44.1 Å². The van der Waals surface area contributed by atoms with Crippen LogP contribution in [-0.2, 0) is 19.4 Å². The van der Waals surface area contributed by atoms with Gasteiger partial charge in [-0.15, -0.1) is 0 Å². The molecule has 2 atom stereocenters. The van der Waals surface area contributed by atoms with Gasteiger partial charge in [0.05, 0.1) is 0 Å². The highest BCUT2D eigenvalue weighted by atomic mass is 35.5. The molecule has 2 N–H and O–H groups in total. The number of alkyl halides is 2. The summed E-state index contributed by atoms with van der Waals surface area (Å²) in [5, 5.41) is 17.8. The molecule has 0 aliphatic carbocycles. The molecule has 0 aromatic rings. The molecule has 0 aromatic carbocycles. The van der Waals surface area contributed by atoms with Crippen LogP contribution in [0.2, 0.25) is 0 Å². The summed E-state index contributed by atoms with van der Waals surface area (Å²) in [7, 11) is 0. The lowest BCUT2D eigenvalue weighted by atomic mass is 10.0. The third-order valence-corrected chi connectivity index (χ3v) is 2.71. The molecule has 0 spiro atoms. The lowest BCUT2D eigenvalue weighted by Gasteiger charge is -2.30. The van der Waals surface area contributed by atoms with Crippen molar-refractivity contribution >= 4 is 34.8 Å². The van der Waals surface area contributed by atoms with Crippen LogP contribution in [0.3, 0.4) is 0 Å². The average molecular weight is 331 g/mol. The Hall–Kier alpha value is -0.240. The highest BCUT2D eigenvalue weighted by molar-refractivity contribution is 6.30. The van der Waals surface area contributed by atoms with E-state index in [-0.39, 0.29) is 12.8 Å². The van der Waals surface area contributed by atoms with Gasteiger partial charge in [0.15, 0.2) is 22.7 Å². The molecule has 0 bridgehead atoms. The Balaban J connectivity index is 4.43. The van der Waals surface area contributed by atoms with Crippen LogP contribution in [0.1, 0.15) is 40.5 Å². The number of hydrogen-bond acceptors (Lipinski definition) is 6. The number of Topliss-reactive ketones (excluding diaryl/α,β-unsaturated/α-hetero) is 2. The Morgan fingerprint density at radius 3 is 1.35 bits per heavy atom. The molecule has 0 aliphatic heterocycles. The van der Waals surface area contributed by atoms with E-state index >= 15 is 0 Å². The average Bonchev–Trinajstić information content (AvgIpc) is 2.25. The zero-order chi connectivity index (χ0) is 16.1. The van der Waals surface area contributed by atoms with E-state index in [1.54, 1.807) is 27.7 Å². The van der Waals surface area contributed by atoms with E-state index in [0.717, 1.165) is 0 Å². The first-order valence-corrected chi connectivity index (χ1v) is 6.80. The number of rotatable bonds is 9. The smallest absolute Gasteiger partial charge is 0.186 e. The Morgan fingerprint density at radius 1 is 0.900 bits per heavy atom. The molecule has 0 fully saturated rings. The Morgan fingerprint density at radius 2 is 1.15 bits per heavy atom. The van der Waals surface area contributed by atoms with Gasteiger partial charge >= 0.3 is 0 Å². The molecule has 0 radical (unpaired) electrons. The van der Waals surface area contributed by atoms with Crippen molar-refractivity contribution < 1.29 is 29.6 Å². The summed E-state index contributed by atoms with van der Waals surface area (Å²) in [6.45, 7) is 6.27. The third-order valence-electron chi connectivity index (χ3n) is 2.22. The van der Waals surface area contributed by atoms with Crippen LogP contribution in [0.15, 0.2) is 0 Å². The van der Waals surface area contributed by atoms with Gasteiger partial charge in [0, 0.05) is 12.8 Å². The van der Waals surface area contributed by atoms with E-state index in [9.17, 15) is 9.59 Å². The Kier molecular flexibility index (Phi) is 7.59. The predicted octanol–water partition coefficient (Wildman–Crippen LogP) is 1.52. The molecule has 8 heteroatoms. The summed E-state index contributed by atoms with van der Waals surface area (Å²) in [6.07, 6.45) is -0.334. The van der Waals surface area contributed by atoms with Gasteiger partial charge < -0.3 is 10.2 Å². The van der Waals surface area contributed by atoms with Crippen molar-refractivity contribution in [2.45, 2.75) is 62.9 Å². The van der Waals surface area contributed by atoms with Gasteiger partial charge in [-0.1, -0.05) is 23.2 Å². The van der Waals surface area contributed by atoms with Crippen molar-refractivity contribution in [3.8, 4) is 0 Å². The standard InChI is InChI=1S/C12H20Cl2O6/c1-11(2,5-7(15)9(13)17)19-20-12(3,4)6-8(16)10(14)18/h9-10,17-18H,5-6H2,1-4H3. The quantitative estimate of drug-likeness (QED) is 0.378. The molecule has 0 saturated carbocycles. The van der Waals surface area contributed by atoms with Crippen molar-refractivity contribution in [3.63, 3.8) is 0 Å². The number of hydrogen-bond donors (Lipinski definition) is 2. The number of aliphatic hydroxyl groups is 2. The maximum Gasteiger partial charge on any atom is 0.186 e. The highest BCUT2D eigenvalue weighted by Gasteiger charge is 2.32. The summed E-state index contributed by atoms with van der Waals surface area (Å²) in [4.78, 5) is 32.9. The van der Waals surface area contributed by atoms with Gasteiger partial charge in [0.25, 0.3) is 0 Å². The predicted molar refractivity (Wildman–Crippen MR) is 73.3 cm³/mol. The summed E-state index contributed by atoms with van der Waals surface area (Å²) in [6, 6.07) is 0. The third kappa shape index (κ3) is 8.14. The van der Waals surface area contributed by atoms with Gasteiger partial charge in [-0.3, -0.25) is 9.59 Å². The molecule has 0 heterocycles. The van der Waals surface area contributed by atoms with Crippen molar-refractivity contribution in [2.75, 3.05) is 0 Å². The minimum Gasteiger partial charge on any atom is -0.371 e. The fourth-order valence-electron chi connectivity index (χ4n) is 1.29. The molecule has 0 amide bonds. The van der Waals surface area contributed by atoms with Gasteiger partial charge in [-0.25, -0.2) is 9.78 Å². The zero-order valence-electron chi connectivity index (χ0n) is 11.9. The minimum atomic E-state index is -1.60. The second-order valence-electron chi connectivity index (χ2n) is 5.64. The molecule has 0 saturated heterocycles. The van der Waals surface area contributed by atoms with Crippen molar-refractivity contribution in [1.29, 1.82) is 0 Å². The summed E-state index contributed by atoms with van der Waals surface area (Å²) < 4.78 is 0. The molecule has 6 nitrogen and oxygen atoms in total. The van der Waals surface area contributed by atoms with E-state index in [1.165, 1.54) is 0 Å². The van der Waals surface area contributed by atoms with E-state index in [2.05, 4.69) is 0 Å². The van der Waals surface area contributed by atoms with Crippen LogP contribution in [0.4, 0.5) is 0 Å². The molecule has 20 heavy (non-hydrogen) atoms. The lowest BCUT2D eigenvalue weighted by molar-refractivity contribution is -0.399. The fourth-order valence-corrected chi connectivity index (χ4v) is 1.45. The highest BCUT2D eigenvalue weighted by Crippen LogP contribution is 2.24. The summed E-state index contributed by atoms with van der Waals surface area (Å²) >= 11 is 10.5. The Labute approximate surface area is 127 Å². The summed E-state index contributed by atoms with van der Waals surface area (Å²) in [5.74, 6) is -1.21. The van der Waals surface area contributed by atoms with Gasteiger partial charge in [-0.05, 0) is 27.7 Å². The first kappa shape index (κ1) is 19.8. The van der Waals surface area contributed by atoms with E-state index in [0.29, 0.717) is 0 Å². The van der Waals surface area contributed by atoms with Crippen LogP contribution < -0.4 is 0 Å². The van der Waals surface area contributed by atoms with E-state index < -0.39 is 33.9 Å². The normalized spacial score (nSPS) is 15.8. The summed E-state index contributed by atoms with van der Waals surface area (Å²) in [5.41, 5.74) is -5.27. The second-order valence-corrected chi connectivity index (χ2v) is 6.47. The van der Waals surface area contributed by atoms with Crippen LogP contribution in [0.25, 0.3) is 0 Å². The molecular weight excluding hydrogens is 311 g/mol. The molecule has 0 aromatic heterocycles. The van der Waals surface area contributed by atoms with Crippen molar-refractivity contribution in [1.82, 2.24) is 0 Å². The van der Waals surface area contributed by atoms with Gasteiger partial charge in [0.1, 0.15) is 11.2 Å². The van der Waals surface area contributed by atoms with Gasteiger partial charge in [0.2, 0.25) is 0 Å². The van der Waals surface area contributed by atoms with E-state index in [1.807, 2.05) is 0 Å². The zero-order valence-corrected chi connectivity index (χ0v) is 13.4. The number of aliphatic hydroxyl groups excluding tert-OH is 2. The number of halogens is 2. The second kappa shape index (κ2) is 7.68. The largest absolute Gasteiger partial charge is 0.371 e. The molecule has 0 aliphatic rings. The Bertz CT molecular complexity index is 318. The maximum atomic E-state index is 11.3. The SMILES string of the molecule is CC(C)(CC(=O)C(O)Cl)OOC(C)(C)CC(=O)C(O)Cl. The topological polar surface area (TPSA) is 93.1 Å².